The molecular weight excluding hydrogens is 240 g/mol. The summed E-state index contributed by atoms with van der Waals surface area (Å²) >= 11 is 0. The maximum Gasteiger partial charge on any atom is 0.155 e. The molecule has 19 heavy (non-hydrogen) atoms. The van der Waals surface area contributed by atoms with E-state index in [-0.39, 0.29) is 0 Å². The summed E-state index contributed by atoms with van der Waals surface area (Å²) in [7, 11) is 0. The third kappa shape index (κ3) is 2.35. The largest absolute Gasteiger partial charge is 0.460 e. The van der Waals surface area contributed by atoms with Crippen LogP contribution in [0.1, 0.15) is 54.3 Å². The molecule has 0 N–H and O–H groups in total. The van der Waals surface area contributed by atoms with Gasteiger partial charge in [0.05, 0.1) is 11.6 Å². The van der Waals surface area contributed by atoms with Crippen LogP contribution in [0.5, 0.6) is 0 Å². The smallest absolute Gasteiger partial charge is 0.155 e. The molecule has 1 aliphatic rings. The quantitative estimate of drug-likeness (QED) is 0.787. The Morgan fingerprint density at radius 2 is 2.11 bits per heavy atom. The van der Waals surface area contributed by atoms with E-state index in [1.54, 1.807) is 0 Å². The van der Waals surface area contributed by atoms with Gasteiger partial charge < -0.3 is 4.42 Å². The Hall–Kier alpha value is -1.84. The van der Waals surface area contributed by atoms with Gasteiger partial charge in [-0.15, -0.1) is 0 Å². The van der Waals surface area contributed by atoms with Crippen molar-refractivity contribution < 1.29 is 9.21 Å². The van der Waals surface area contributed by atoms with Crippen molar-refractivity contribution in [1.82, 2.24) is 9.78 Å². The van der Waals surface area contributed by atoms with Crippen molar-refractivity contribution in [2.45, 2.75) is 45.1 Å². The molecule has 1 saturated carbocycles. The number of aryl methyl sites for hydroxylation is 1. The summed E-state index contributed by atoms with van der Waals surface area (Å²) in [4.78, 5) is 11.2. The molecule has 0 spiro atoms. The van der Waals surface area contributed by atoms with E-state index in [0.717, 1.165) is 24.9 Å². The topological polar surface area (TPSA) is 48.0 Å². The number of nitrogens with zero attached hydrogens (tertiary/aromatic N) is 2. The lowest BCUT2D eigenvalue weighted by atomic mass is 9.96. The minimum atomic E-state index is 0.428. The zero-order valence-electron chi connectivity index (χ0n) is 11.1. The molecule has 2 heterocycles. The first-order chi connectivity index (χ1) is 9.28. The lowest BCUT2D eigenvalue weighted by Gasteiger charge is -2.21. The first-order valence-corrected chi connectivity index (χ1v) is 6.89. The molecule has 0 unspecified atom stereocenters. The van der Waals surface area contributed by atoms with Crippen molar-refractivity contribution in [1.29, 1.82) is 0 Å². The first kappa shape index (κ1) is 12.2. The average molecular weight is 258 g/mol. The highest BCUT2D eigenvalue weighted by atomic mass is 16.3. The molecule has 4 nitrogen and oxygen atoms in total. The maximum absolute atomic E-state index is 11.2. The van der Waals surface area contributed by atoms with E-state index in [0.29, 0.717) is 23.1 Å². The van der Waals surface area contributed by atoms with Gasteiger partial charge in [0, 0.05) is 6.20 Å². The third-order valence-corrected chi connectivity index (χ3v) is 3.81. The lowest BCUT2D eigenvalue weighted by Crippen LogP contribution is -2.13. The Labute approximate surface area is 112 Å². The summed E-state index contributed by atoms with van der Waals surface area (Å²) in [6, 6.07) is 4.19. The highest BCUT2D eigenvalue weighted by molar-refractivity contribution is 5.84. The van der Waals surface area contributed by atoms with Gasteiger partial charge in [0.25, 0.3) is 0 Å². The molecule has 1 fully saturated rings. The number of aldehydes is 1. The van der Waals surface area contributed by atoms with Crippen LogP contribution >= 0.6 is 0 Å². The number of hydrogen-bond acceptors (Lipinski definition) is 3. The Balaban J connectivity index is 1.95. The van der Waals surface area contributed by atoms with Crippen molar-refractivity contribution in [2.75, 3.05) is 0 Å². The van der Waals surface area contributed by atoms with Crippen molar-refractivity contribution in [2.24, 2.45) is 0 Å². The van der Waals surface area contributed by atoms with E-state index < -0.39 is 0 Å². The Morgan fingerprint density at radius 1 is 1.32 bits per heavy atom. The molecule has 0 bridgehead atoms. The van der Waals surface area contributed by atoms with Crippen LogP contribution in [0, 0.1) is 6.92 Å². The van der Waals surface area contributed by atoms with Gasteiger partial charge in [-0.3, -0.25) is 9.48 Å². The Bertz CT molecular complexity index is 577. The molecule has 2 aromatic rings. The van der Waals surface area contributed by atoms with Gasteiger partial charge in [-0.05, 0) is 31.9 Å². The van der Waals surface area contributed by atoms with Crippen LogP contribution in [-0.4, -0.2) is 16.1 Å². The van der Waals surface area contributed by atoms with Crippen molar-refractivity contribution in [3.8, 4) is 11.5 Å². The highest BCUT2D eigenvalue weighted by Crippen LogP contribution is 2.30. The predicted octanol–water partition coefficient (Wildman–Crippen LogP) is 3.77. The van der Waals surface area contributed by atoms with E-state index >= 15 is 0 Å². The summed E-state index contributed by atoms with van der Waals surface area (Å²) in [6.07, 6.45) is 8.82. The Kier molecular flexibility index (Phi) is 3.23. The standard InChI is InChI=1S/C15H18N2O2/c1-11-7-8-14(19-11)15-12(10-18)9-17(16-15)13-5-3-2-4-6-13/h7-10,13H,2-6H2,1H3. The molecule has 4 heteroatoms. The third-order valence-electron chi connectivity index (χ3n) is 3.81. The van der Waals surface area contributed by atoms with Crippen LogP contribution in [0.3, 0.4) is 0 Å². The molecule has 2 aromatic heterocycles. The molecule has 100 valence electrons. The van der Waals surface area contributed by atoms with Crippen molar-refractivity contribution in [3.63, 3.8) is 0 Å². The van der Waals surface area contributed by atoms with Gasteiger partial charge in [-0.1, -0.05) is 19.3 Å². The predicted molar refractivity (Wildman–Crippen MR) is 72.2 cm³/mol. The van der Waals surface area contributed by atoms with Crippen molar-refractivity contribution in [3.05, 3.63) is 29.7 Å². The monoisotopic (exact) mass is 258 g/mol. The molecule has 3 rings (SSSR count). The SMILES string of the molecule is Cc1ccc(-c2nn(C3CCCCC3)cc2C=O)o1. The van der Waals surface area contributed by atoms with Crippen LogP contribution in [0.2, 0.25) is 0 Å². The van der Waals surface area contributed by atoms with E-state index in [1.165, 1.54) is 19.3 Å². The van der Waals surface area contributed by atoms with E-state index in [2.05, 4.69) is 5.10 Å². The molecular formula is C15H18N2O2. The fourth-order valence-corrected chi connectivity index (χ4v) is 2.78. The number of hydrogen-bond donors (Lipinski definition) is 0. The van der Waals surface area contributed by atoms with Crippen LogP contribution in [0.15, 0.2) is 22.7 Å². The van der Waals surface area contributed by atoms with Crippen LogP contribution < -0.4 is 0 Å². The van der Waals surface area contributed by atoms with Gasteiger partial charge in [0.15, 0.2) is 12.0 Å². The summed E-state index contributed by atoms with van der Waals surface area (Å²) < 4.78 is 7.53. The normalized spacial score (nSPS) is 16.7. The summed E-state index contributed by atoms with van der Waals surface area (Å²) in [5, 5.41) is 4.58. The first-order valence-electron chi connectivity index (χ1n) is 6.89. The lowest BCUT2D eigenvalue weighted by molar-refractivity contribution is 0.112. The second-order valence-electron chi connectivity index (χ2n) is 5.23. The van der Waals surface area contributed by atoms with Crippen molar-refractivity contribution >= 4 is 6.29 Å². The van der Waals surface area contributed by atoms with E-state index in [4.69, 9.17) is 4.42 Å². The second kappa shape index (κ2) is 5.03. The number of rotatable bonds is 3. The van der Waals surface area contributed by atoms with E-state index in [9.17, 15) is 4.79 Å². The van der Waals surface area contributed by atoms with Crippen LogP contribution in [0.25, 0.3) is 11.5 Å². The maximum atomic E-state index is 11.2. The average Bonchev–Trinajstić information content (AvgIpc) is 3.05. The molecule has 0 amide bonds. The van der Waals surface area contributed by atoms with Crippen LogP contribution in [0.4, 0.5) is 0 Å². The second-order valence-corrected chi connectivity index (χ2v) is 5.23. The Morgan fingerprint density at radius 3 is 2.74 bits per heavy atom. The summed E-state index contributed by atoms with van der Waals surface area (Å²) in [5.41, 5.74) is 1.27. The van der Waals surface area contributed by atoms with Gasteiger partial charge in [-0.2, -0.15) is 5.10 Å². The number of aromatic nitrogens is 2. The van der Waals surface area contributed by atoms with E-state index in [1.807, 2.05) is 29.9 Å². The van der Waals surface area contributed by atoms with Gasteiger partial charge >= 0.3 is 0 Å². The number of carbonyl (C=O) groups is 1. The summed E-state index contributed by atoms with van der Waals surface area (Å²) in [5.74, 6) is 1.51. The molecule has 1 aliphatic carbocycles. The molecule has 0 saturated heterocycles. The molecule has 0 radical (unpaired) electrons. The summed E-state index contributed by atoms with van der Waals surface area (Å²) in [6.45, 7) is 1.89. The van der Waals surface area contributed by atoms with Gasteiger partial charge in [0.2, 0.25) is 0 Å². The molecule has 0 aliphatic heterocycles. The molecule has 0 atom stereocenters. The minimum absolute atomic E-state index is 0.428. The van der Waals surface area contributed by atoms with Gasteiger partial charge in [0.1, 0.15) is 11.5 Å². The molecule has 0 aromatic carbocycles. The van der Waals surface area contributed by atoms with Crippen LogP contribution in [-0.2, 0) is 0 Å². The zero-order valence-corrected chi connectivity index (χ0v) is 11.1. The number of furan rings is 1. The fraction of sp³-hybridized carbons (Fsp3) is 0.467. The zero-order chi connectivity index (χ0) is 13.2. The number of carbonyl (C=O) groups excluding carboxylic acids is 1. The van der Waals surface area contributed by atoms with Gasteiger partial charge in [-0.25, -0.2) is 0 Å². The highest BCUT2D eigenvalue weighted by Gasteiger charge is 2.20. The fourth-order valence-electron chi connectivity index (χ4n) is 2.78. The minimum Gasteiger partial charge on any atom is -0.460 e.